The zero-order valence-electron chi connectivity index (χ0n) is 21.2. The molecular formula is C26H31N5O5. The number of urea groups is 1. The third-order valence-corrected chi connectivity index (χ3v) is 6.12. The van der Waals surface area contributed by atoms with Crippen molar-refractivity contribution in [3.05, 3.63) is 35.4 Å². The third kappa shape index (κ3) is 4.84. The van der Waals surface area contributed by atoms with E-state index in [1.54, 1.807) is 21.3 Å². The van der Waals surface area contributed by atoms with Crippen LogP contribution >= 0.6 is 0 Å². The lowest BCUT2D eigenvalue weighted by atomic mass is 9.95. The highest BCUT2D eigenvalue weighted by atomic mass is 16.5. The van der Waals surface area contributed by atoms with Crippen molar-refractivity contribution in [1.82, 2.24) is 20.6 Å². The van der Waals surface area contributed by atoms with Gasteiger partial charge in [-0.25, -0.2) is 14.8 Å². The lowest BCUT2D eigenvalue weighted by molar-refractivity contribution is -0.119. The largest absolute Gasteiger partial charge is 0.493 e. The second kappa shape index (κ2) is 10.7. The molecule has 3 amide bonds. The number of hydrogen-bond donors (Lipinski definition) is 3. The smallest absolute Gasteiger partial charge is 0.321 e. The highest BCUT2D eigenvalue weighted by molar-refractivity contribution is 5.89. The van der Waals surface area contributed by atoms with Gasteiger partial charge < -0.3 is 24.8 Å². The molecule has 1 aromatic rings. The van der Waals surface area contributed by atoms with Gasteiger partial charge in [0.1, 0.15) is 0 Å². The normalized spacial score (nSPS) is 14.2. The summed E-state index contributed by atoms with van der Waals surface area (Å²) in [5, 5.41) is 8.51. The summed E-state index contributed by atoms with van der Waals surface area (Å²) >= 11 is 0. The molecule has 2 aliphatic carbocycles. The molecule has 0 unspecified atom stereocenters. The molecule has 36 heavy (non-hydrogen) atoms. The van der Waals surface area contributed by atoms with Gasteiger partial charge in [0.25, 0.3) is 0 Å². The number of fused-ring (bicyclic) bond motifs is 4. The Kier molecular flexibility index (Phi) is 7.42. The zero-order chi connectivity index (χ0) is 25.8. The van der Waals surface area contributed by atoms with E-state index in [-0.39, 0.29) is 23.9 Å². The van der Waals surface area contributed by atoms with Crippen molar-refractivity contribution in [3.8, 4) is 39.8 Å². The van der Waals surface area contributed by atoms with Crippen molar-refractivity contribution in [2.45, 2.75) is 39.2 Å². The molecule has 3 N–H and O–H groups in total. The number of benzene rings is 1. The van der Waals surface area contributed by atoms with Crippen LogP contribution in [-0.4, -0.2) is 49.8 Å². The number of aryl methyl sites for hydroxylation is 1. The van der Waals surface area contributed by atoms with Crippen LogP contribution in [0.5, 0.6) is 17.2 Å². The molecule has 1 atom stereocenters. The SMILES string of the molecule is CCCNC(=O)Nc1nc2ccc3c(cc-2n1)[C@@H](NC(C)=O)CCc1cc(OC)c(OC)c(OC)c1-3. The minimum Gasteiger partial charge on any atom is -0.493 e. The molecule has 10 nitrogen and oxygen atoms in total. The minimum atomic E-state index is -0.355. The van der Waals surface area contributed by atoms with Crippen LogP contribution in [0.4, 0.5) is 10.7 Å². The second-order valence-electron chi connectivity index (χ2n) is 8.52. The predicted octanol–water partition coefficient (Wildman–Crippen LogP) is 3.93. The number of aromatic nitrogens is 2. The number of nitrogens with one attached hydrogen (secondary N) is 3. The Morgan fingerprint density at radius 1 is 1.03 bits per heavy atom. The van der Waals surface area contributed by atoms with Gasteiger partial charge in [-0.1, -0.05) is 13.0 Å². The highest BCUT2D eigenvalue weighted by Crippen LogP contribution is 2.50. The van der Waals surface area contributed by atoms with Crippen molar-refractivity contribution in [1.29, 1.82) is 0 Å². The first-order chi connectivity index (χ1) is 17.4. The number of imidazole rings is 1. The standard InChI is InChI=1S/C26H31N5O5/c1-6-11-27-26(33)31-25-29-19-10-8-16-17(13-20(19)30-25)18(28-14(2)32)9-7-15-12-21(34-3)23(35-4)24(36-5)22(15)16/h8,10,12-13,18H,6-7,9,11H2,1-5H3,(H,28,32)(H2,27,29,30,31,33)/t18-/m0/s1. The molecule has 3 aliphatic rings. The van der Waals surface area contributed by atoms with Gasteiger partial charge >= 0.3 is 6.03 Å². The summed E-state index contributed by atoms with van der Waals surface area (Å²) in [4.78, 5) is 33.3. The Bertz CT molecular complexity index is 1260. The summed E-state index contributed by atoms with van der Waals surface area (Å²) in [6.07, 6.45) is 2.16. The van der Waals surface area contributed by atoms with Gasteiger partial charge in [0.15, 0.2) is 11.5 Å². The van der Waals surface area contributed by atoms with E-state index in [0.29, 0.717) is 48.0 Å². The molecule has 10 heteroatoms. The molecule has 190 valence electrons. The van der Waals surface area contributed by atoms with E-state index in [9.17, 15) is 9.59 Å². The Morgan fingerprint density at radius 2 is 1.78 bits per heavy atom. The topological polar surface area (TPSA) is 124 Å². The van der Waals surface area contributed by atoms with E-state index in [4.69, 9.17) is 14.2 Å². The van der Waals surface area contributed by atoms with Crippen LogP contribution < -0.4 is 30.2 Å². The van der Waals surface area contributed by atoms with Gasteiger partial charge in [-0.05, 0) is 54.2 Å². The maximum Gasteiger partial charge on any atom is 0.321 e. The quantitative estimate of drug-likeness (QED) is 0.456. The molecular weight excluding hydrogens is 462 g/mol. The molecule has 0 aromatic heterocycles. The Labute approximate surface area is 210 Å². The number of nitrogens with zero attached hydrogens (tertiary/aromatic N) is 2. The Balaban J connectivity index is 1.90. The summed E-state index contributed by atoms with van der Waals surface area (Å²) in [5.41, 5.74) is 4.82. The Morgan fingerprint density at radius 3 is 2.44 bits per heavy atom. The van der Waals surface area contributed by atoms with Crippen molar-refractivity contribution < 1.29 is 23.8 Å². The number of methoxy groups -OCH3 is 3. The molecule has 0 saturated carbocycles. The minimum absolute atomic E-state index is 0.134. The number of ether oxygens (including phenoxy) is 3. The molecule has 0 bridgehead atoms. The first-order valence-electron chi connectivity index (χ1n) is 11.9. The van der Waals surface area contributed by atoms with Crippen molar-refractivity contribution >= 4 is 17.9 Å². The summed E-state index contributed by atoms with van der Waals surface area (Å²) in [5.74, 6) is 1.71. The molecule has 4 rings (SSSR count). The fraction of sp³-hybridized carbons (Fsp3) is 0.385. The molecule has 1 aliphatic heterocycles. The van der Waals surface area contributed by atoms with Crippen LogP contribution in [0, 0.1) is 0 Å². The fourth-order valence-electron chi connectivity index (χ4n) is 4.59. The van der Waals surface area contributed by atoms with Crippen LogP contribution in [0.1, 0.15) is 43.9 Å². The maximum atomic E-state index is 12.1. The van der Waals surface area contributed by atoms with E-state index in [2.05, 4.69) is 25.9 Å². The van der Waals surface area contributed by atoms with Gasteiger partial charge in [0, 0.05) is 19.0 Å². The van der Waals surface area contributed by atoms with Crippen molar-refractivity contribution in [2.75, 3.05) is 33.2 Å². The van der Waals surface area contributed by atoms with Gasteiger partial charge in [-0.3, -0.25) is 10.1 Å². The molecule has 0 saturated heterocycles. The van der Waals surface area contributed by atoms with Crippen molar-refractivity contribution in [2.24, 2.45) is 0 Å². The lowest BCUT2D eigenvalue weighted by Crippen LogP contribution is -2.29. The molecule has 1 heterocycles. The van der Waals surface area contributed by atoms with Crippen molar-refractivity contribution in [3.63, 3.8) is 0 Å². The number of amides is 3. The van der Waals surface area contributed by atoms with Gasteiger partial charge in [-0.2, -0.15) is 0 Å². The van der Waals surface area contributed by atoms with Crippen LogP contribution in [0.25, 0.3) is 22.5 Å². The van der Waals surface area contributed by atoms with E-state index in [1.165, 1.54) is 6.92 Å². The third-order valence-electron chi connectivity index (χ3n) is 6.12. The summed E-state index contributed by atoms with van der Waals surface area (Å²) in [6, 6.07) is 7.04. The van der Waals surface area contributed by atoms with Crippen LogP contribution in [0.2, 0.25) is 0 Å². The molecule has 0 radical (unpaired) electrons. The van der Waals surface area contributed by atoms with E-state index < -0.39 is 0 Å². The summed E-state index contributed by atoms with van der Waals surface area (Å²) in [6.45, 7) is 4.04. The number of hydrogen-bond acceptors (Lipinski definition) is 7. The summed E-state index contributed by atoms with van der Waals surface area (Å²) in [7, 11) is 4.76. The summed E-state index contributed by atoms with van der Waals surface area (Å²) < 4.78 is 17.0. The van der Waals surface area contributed by atoms with Crippen LogP contribution in [-0.2, 0) is 11.2 Å². The molecule has 0 spiro atoms. The van der Waals surface area contributed by atoms with E-state index >= 15 is 0 Å². The van der Waals surface area contributed by atoms with Crippen LogP contribution in [0.15, 0.2) is 24.3 Å². The lowest BCUT2D eigenvalue weighted by Gasteiger charge is -2.19. The fourth-order valence-corrected chi connectivity index (χ4v) is 4.59. The Hall–Kier alpha value is -4.08. The monoisotopic (exact) mass is 493 g/mol. The van der Waals surface area contributed by atoms with E-state index in [0.717, 1.165) is 28.7 Å². The van der Waals surface area contributed by atoms with E-state index in [1.807, 2.05) is 31.2 Å². The molecule has 1 aromatic carbocycles. The van der Waals surface area contributed by atoms with Gasteiger partial charge in [0.05, 0.1) is 38.8 Å². The van der Waals surface area contributed by atoms with Gasteiger partial charge in [0.2, 0.25) is 17.6 Å². The molecule has 0 fully saturated rings. The average molecular weight is 494 g/mol. The first-order valence-corrected chi connectivity index (χ1v) is 11.9. The second-order valence-corrected chi connectivity index (χ2v) is 8.52. The number of carbonyl (C=O) groups is 2. The zero-order valence-corrected chi connectivity index (χ0v) is 21.2. The van der Waals surface area contributed by atoms with Gasteiger partial charge in [-0.15, -0.1) is 0 Å². The highest BCUT2D eigenvalue weighted by Gasteiger charge is 2.30. The maximum absolute atomic E-state index is 12.1. The first kappa shape index (κ1) is 25.0. The number of carbonyl (C=O) groups excluding carboxylic acids is 2. The number of rotatable bonds is 7. The number of anilines is 1. The average Bonchev–Trinajstić information content (AvgIpc) is 3.07. The predicted molar refractivity (Wildman–Crippen MR) is 136 cm³/mol. The van der Waals surface area contributed by atoms with Crippen LogP contribution in [0.3, 0.4) is 0 Å².